The van der Waals surface area contributed by atoms with E-state index in [1.165, 1.54) is 12.1 Å². The highest BCUT2D eigenvalue weighted by Gasteiger charge is 2.02. The minimum Gasteiger partial charge on any atom is -0.504 e. The molecule has 1 atom stereocenters. The highest BCUT2D eigenvalue weighted by atomic mass is 16.3. The summed E-state index contributed by atoms with van der Waals surface area (Å²) >= 11 is 0. The van der Waals surface area contributed by atoms with Gasteiger partial charge in [0.2, 0.25) is 0 Å². The van der Waals surface area contributed by atoms with Crippen LogP contribution < -0.4 is 5.32 Å². The number of phenols is 2. The fourth-order valence-electron chi connectivity index (χ4n) is 0.910. The van der Waals surface area contributed by atoms with Crippen molar-refractivity contribution in [1.29, 1.82) is 0 Å². The van der Waals surface area contributed by atoms with Gasteiger partial charge < -0.3 is 20.3 Å². The van der Waals surface area contributed by atoms with Crippen molar-refractivity contribution in [3.05, 3.63) is 18.2 Å². The number of hydrogen-bond donors (Lipinski definition) is 3. The maximum absolute atomic E-state index is 10.3. The van der Waals surface area contributed by atoms with Gasteiger partial charge in [-0.05, 0) is 19.1 Å². The number of benzene rings is 1. The van der Waals surface area contributed by atoms with Crippen molar-refractivity contribution >= 4 is 12.0 Å². The van der Waals surface area contributed by atoms with E-state index in [-0.39, 0.29) is 17.5 Å². The molecule has 0 unspecified atom stereocenters. The van der Waals surface area contributed by atoms with Crippen LogP contribution in [-0.2, 0) is 4.79 Å². The Bertz CT molecular complexity index is 312. The lowest BCUT2D eigenvalue weighted by molar-refractivity contribution is -0.108. The monoisotopic (exact) mass is 181 g/mol. The van der Waals surface area contributed by atoms with Crippen LogP contribution in [0.3, 0.4) is 0 Å². The number of aromatic hydroxyl groups is 2. The third-order valence-electron chi connectivity index (χ3n) is 1.57. The van der Waals surface area contributed by atoms with E-state index < -0.39 is 0 Å². The lowest BCUT2D eigenvalue weighted by Crippen LogP contribution is -2.15. The predicted molar refractivity (Wildman–Crippen MR) is 48.9 cm³/mol. The molecule has 1 rings (SSSR count). The summed E-state index contributed by atoms with van der Waals surface area (Å²) in [5, 5.41) is 20.9. The molecule has 0 aliphatic heterocycles. The molecule has 0 aliphatic carbocycles. The smallest absolute Gasteiger partial charge is 0.159 e. The van der Waals surface area contributed by atoms with Crippen LogP contribution in [0.25, 0.3) is 0 Å². The molecule has 0 radical (unpaired) electrons. The molecule has 0 aromatic heterocycles. The van der Waals surface area contributed by atoms with Gasteiger partial charge in [-0.1, -0.05) is 0 Å². The topological polar surface area (TPSA) is 69.6 Å². The fraction of sp³-hybridized carbons (Fsp3) is 0.222. The molecule has 4 nitrogen and oxygen atoms in total. The molecule has 0 fully saturated rings. The van der Waals surface area contributed by atoms with E-state index in [0.29, 0.717) is 5.69 Å². The van der Waals surface area contributed by atoms with E-state index in [1.54, 1.807) is 13.0 Å². The zero-order chi connectivity index (χ0) is 9.84. The minimum absolute atomic E-state index is 0.177. The number of anilines is 1. The maximum atomic E-state index is 10.3. The first-order valence-electron chi connectivity index (χ1n) is 3.87. The van der Waals surface area contributed by atoms with Gasteiger partial charge in [0.25, 0.3) is 0 Å². The van der Waals surface area contributed by atoms with Gasteiger partial charge in [0.15, 0.2) is 11.5 Å². The van der Waals surface area contributed by atoms with Crippen molar-refractivity contribution in [3.8, 4) is 11.5 Å². The van der Waals surface area contributed by atoms with Gasteiger partial charge in [0, 0.05) is 11.8 Å². The Balaban J connectivity index is 2.79. The highest BCUT2D eigenvalue weighted by Crippen LogP contribution is 2.27. The predicted octanol–water partition coefficient (Wildman–Crippen LogP) is 1.10. The lowest BCUT2D eigenvalue weighted by Gasteiger charge is -2.09. The van der Waals surface area contributed by atoms with Gasteiger partial charge in [-0.15, -0.1) is 0 Å². The SMILES string of the molecule is C[C@@H](C=O)Nc1ccc(O)c(O)c1. The van der Waals surface area contributed by atoms with E-state index in [0.717, 1.165) is 6.29 Å². The molecule has 0 spiro atoms. The van der Waals surface area contributed by atoms with Crippen molar-refractivity contribution in [3.63, 3.8) is 0 Å². The number of hydrogen-bond acceptors (Lipinski definition) is 4. The molecule has 0 amide bonds. The van der Waals surface area contributed by atoms with E-state index in [2.05, 4.69) is 5.32 Å². The van der Waals surface area contributed by atoms with Crippen LogP contribution in [0.5, 0.6) is 11.5 Å². The maximum Gasteiger partial charge on any atom is 0.159 e. The number of aldehydes is 1. The quantitative estimate of drug-likeness (QED) is 0.371. The Morgan fingerprint density at radius 3 is 2.62 bits per heavy atom. The van der Waals surface area contributed by atoms with Crippen LogP contribution in [0.15, 0.2) is 18.2 Å². The van der Waals surface area contributed by atoms with Gasteiger partial charge in [-0.3, -0.25) is 0 Å². The highest BCUT2D eigenvalue weighted by molar-refractivity contribution is 5.65. The summed E-state index contributed by atoms with van der Waals surface area (Å²) < 4.78 is 0. The molecule has 3 N–H and O–H groups in total. The molecule has 1 aromatic carbocycles. The Morgan fingerprint density at radius 1 is 1.38 bits per heavy atom. The number of carbonyl (C=O) groups excluding carboxylic acids is 1. The normalized spacial score (nSPS) is 12.1. The van der Waals surface area contributed by atoms with Crippen LogP contribution in [-0.4, -0.2) is 22.5 Å². The van der Waals surface area contributed by atoms with Crippen LogP contribution in [0.1, 0.15) is 6.92 Å². The first-order chi connectivity index (χ1) is 6.13. The summed E-state index contributed by atoms with van der Waals surface area (Å²) in [6, 6.07) is 3.98. The van der Waals surface area contributed by atoms with Crippen molar-refractivity contribution in [2.24, 2.45) is 0 Å². The standard InChI is InChI=1S/C9H11NO3/c1-6(5-11)10-7-2-3-8(12)9(13)4-7/h2-6,10,12-13H,1H3/t6-/m0/s1. The average Bonchev–Trinajstić information content (AvgIpc) is 2.11. The summed E-state index contributed by atoms with van der Waals surface area (Å²) in [6.45, 7) is 1.69. The lowest BCUT2D eigenvalue weighted by atomic mass is 10.2. The van der Waals surface area contributed by atoms with Gasteiger partial charge >= 0.3 is 0 Å². The van der Waals surface area contributed by atoms with E-state index in [4.69, 9.17) is 10.2 Å². The number of nitrogens with one attached hydrogen (secondary N) is 1. The largest absolute Gasteiger partial charge is 0.504 e. The number of rotatable bonds is 3. The molecule has 70 valence electrons. The molecule has 0 aliphatic rings. The summed E-state index contributed by atoms with van der Waals surface area (Å²) in [4.78, 5) is 10.3. The third-order valence-corrected chi connectivity index (χ3v) is 1.57. The summed E-state index contributed by atoms with van der Waals surface area (Å²) in [5.74, 6) is -0.382. The van der Waals surface area contributed by atoms with Gasteiger partial charge in [0.05, 0.1) is 6.04 Å². The molecule has 13 heavy (non-hydrogen) atoms. The zero-order valence-corrected chi connectivity index (χ0v) is 7.19. The van der Waals surface area contributed by atoms with E-state index in [1.807, 2.05) is 0 Å². The summed E-state index contributed by atoms with van der Waals surface area (Å²) in [6.07, 6.45) is 0.754. The molecule has 0 bridgehead atoms. The molecule has 0 saturated carbocycles. The first kappa shape index (κ1) is 9.38. The molecular weight excluding hydrogens is 170 g/mol. The van der Waals surface area contributed by atoms with Crippen LogP contribution in [0, 0.1) is 0 Å². The Labute approximate surface area is 75.8 Å². The molecule has 0 heterocycles. The second-order valence-corrected chi connectivity index (χ2v) is 2.77. The molecule has 0 saturated heterocycles. The molecule has 4 heteroatoms. The van der Waals surface area contributed by atoms with Crippen LogP contribution in [0.4, 0.5) is 5.69 Å². The third kappa shape index (κ3) is 2.37. The van der Waals surface area contributed by atoms with Crippen LogP contribution >= 0.6 is 0 Å². The first-order valence-corrected chi connectivity index (χ1v) is 3.87. The fourth-order valence-corrected chi connectivity index (χ4v) is 0.910. The van der Waals surface area contributed by atoms with Crippen molar-refractivity contribution in [2.45, 2.75) is 13.0 Å². The van der Waals surface area contributed by atoms with Crippen molar-refractivity contribution in [2.75, 3.05) is 5.32 Å². The summed E-state index contributed by atoms with van der Waals surface area (Å²) in [5.41, 5.74) is 0.593. The van der Waals surface area contributed by atoms with E-state index in [9.17, 15) is 4.79 Å². The van der Waals surface area contributed by atoms with E-state index >= 15 is 0 Å². The second kappa shape index (κ2) is 3.80. The zero-order valence-electron chi connectivity index (χ0n) is 7.19. The van der Waals surface area contributed by atoms with Crippen LogP contribution in [0.2, 0.25) is 0 Å². The summed E-state index contributed by atoms with van der Waals surface area (Å²) in [7, 11) is 0. The Hall–Kier alpha value is -1.71. The minimum atomic E-state index is -0.316. The number of phenolic OH excluding ortho intramolecular Hbond substituents is 2. The molecular formula is C9H11NO3. The van der Waals surface area contributed by atoms with Gasteiger partial charge in [-0.2, -0.15) is 0 Å². The Morgan fingerprint density at radius 2 is 2.08 bits per heavy atom. The van der Waals surface area contributed by atoms with Crippen molar-refractivity contribution in [1.82, 2.24) is 0 Å². The van der Waals surface area contributed by atoms with Crippen molar-refractivity contribution < 1.29 is 15.0 Å². The average molecular weight is 181 g/mol. The van der Waals surface area contributed by atoms with Gasteiger partial charge in [0.1, 0.15) is 6.29 Å². The second-order valence-electron chi connectivity index (χ2n) is 2.77. The molecule has 1 aromatic rings. The number of carbonyl (C=O) groups is 1. The Kier molecular flexibility index (Phi) is 2.74. The van der Waals surface area contributed by atoms with Gasteiger partial charge in [-0.25, -0.2) is 0 Å².